The molecule has 3 rings (SSSR count). The highest BCUT2D eigenvalue weighted by molar-refractivity contribution is 6.74. The minimum atomic E-state index is -1.88. The Morgan fingerprint density at radius 2 is 1.67 bits per heavy atom. The van der Waals surface area contributed by atoms with Crippen LogP contribution in [0.2, 0.25) is 36.3 Å². The van der Waals surface area contributed by atoms with Crippen LogP contribution in [0.25, 0.3) is 5.57 Å². The highest BCUT2D eigenvalue weighted by Gasteiger charge is 2.58. The van der Waals surface area contributed by atoms with Crippen LogP contribution in [0.15, 0.2) is 42.6 Å². The summed E-state index contributed by atoms with van der Waals surface area (Å²) in [6.07, 6.45) is 1.99. The third-order valence-electron chi connectivity index (χ3n) is 9.36. The van der Waals surface area contributed by atoms with Gasteiger partial charge in [0.15, 0.2) is 16.6 Å². The number of hydrogen-bond donors (Lipinski definition) is 0. The fraction of sp³-hybridized carbons (Fsp3) is 0.613. The number of nitrogens with zero attached hydrogens (tertiary/aromatic N) is 1. The summed E-state index contributed by atoms with van der Waals surface area (Å²) in [6, 6.07) is 14.6. The predicted molar refractivity (Wildman–Crippen MR) is 163 cm³/mol. The van der Waals surface area contributed by atoms with Crippen molar-refractivity contribution >= 4 is 34.1 Å². The molecule has 3 atom stereocenters. The van der Waals surface area contributed by atoms with Crippen LogP contribution in [0.3, 0.4) is 0 Å². The van der Waals surface area contributed by atoms with Crippen LogP contribution in [0.1, 0.15) is 66.0 Å². The molecule has 0 bridgehead atoms. The van der Waals surface area contributed by atoms with Crippen LogP contribution in [0.5, 0.6) is 0 Å². The first kappa shape index (κ1) is 31.5. The molecule has 2 heterocycles. The van der Waals surface area contributed by atoms with Crippen molar-refractivity contribution in [2.24, 2.45) is 5.92 Å². The maximum atomic E-state index is 13.6. The summed E-state index contributed by atoms with van der Waals surface area (Å²) in [5.41, 5.74) is 3.28. The van der Waals surface area contributed by atoms with Gasteiger partial charge in [-0.15, -0.1) is 0 Å². The van der Waals surface area contributed by atoms with E-state index in [-0.39, 0.29) is 30.6 Å². The van der Waals surface area contributed by atoms with Gasteiger partial charge in [0.2, 0.25) is 5.91 Å². The number of benzene rings is 1. The highest BCUT2D eigenvalue weighted by atomic mass is 28.4. The zero-order valence-electron chi connectivity index (χ0n) is 25.2. The van der Waals surface area contributed by atoms with Gasteiger partial charge in [-0.25, -0.2) is 4.79 Å². The first-order valence-electron chi connectivity index (χ1n) is 14.9. The van der Waals surface area contributed by atoms with Gasteiger partial charge in [0.1, 0.15) is 12.3 Å². The van der Waals surface area contributed by atoms with Crippen LogP contribution < -0.4 is 0 Å². The van der Waals surface area contributed by atoms with Crippen LogP contribution >= 0.6 is 0 Å². The lowest BCUT2D eigenvalue weighted by molar-refractivity contribution is -0.161. The third kappa shape index (κ3) is 6.34. The number of esters is 1. The third-order valence-corrected chi connectivity index (χ3v) is 18.7. The molecule has 1 saturated heterocycles. The monoisotopic (exact) mass is 571 g/mol. The normalized spacial score (nSPS) is 20.1. The van der Waals surface area contributed by atoms with E-state index in [2.05, 4.69) is 60.3 Å². The van der Waals surface area contributed by atoms with Crippen LogP contribution in [0, 0.1) is 5.92 Å². The maximum Gasteiger partial charge on any atom is 0.355 e. The van der Waals surface area contributed by atoms with Crippen molar-refractivity contribution in [3.05, 3.63) is 53.7 Å². The number of ether oxygens (including phenoxy) is 1. The summed E-state index contributed by atoms with van der Waals surface area (Å²) in [5, 5.41) is 0. The van der Waals surface area contributed by atoms with Crippen LogP contribution in [0.4, 0.5) is 0 Å². The van der Waals surface area contributed by atoms with Crippen molar-refractivity contribution in [2.45, 2.75) is 110 Å². The summed E-state index contributed by atoms with van der Waals surface area (Å²) >= 11 is 0. The lowest BCUT2D eigenvalue weighted by Crippen LogP contribution is -2.63. The zero-order valence-corrected chi connectivity index (χ0v) is 27.2. The SMILES string of the molecule is C=CCOC(=O)C1=C(c2cccc(CO[Si](CC)(CC)CC)c2)C[C@@H]2[C@@H]([C@@H](C)O[Si](CC)(CC)CC)C(=O)N12. The predicted octanol–water partition coefficient (Wildman–Crippen LogP) is 7.29. The Morgan fingerprint density at radius 1 is 1.05 bits per heavy atom. The summed E-state index contributed by atoms with van der Waals surface area (Å²) < 4.78 is 18.7. The molecule has 0 aliphatic carbocycles. The van der Waals surface area contributed by atoms with E-state index in [4.69, 9.17) is 13.6 Å². The smallest absolute Gasteiger partial charge is 0.355 e. The molecule has 6 nitrogen and oxygen atoms in total. The second-order valence-electron chi connectivity index (χ2n) is 11.0. The van der Waals surface area contributed by atoms with Crippen molar-refractivity contribution in [3.8, 4) is 0 Å². The largest absolute Gasteiger partial charge is 0.457 e. The summed E-state index contributed by atoms with van der Waals surface area (Å²) in [4.78, 5) is 28.5. The first-order valence-corrected chi connectivity index (χ1v) is 20.0. The van der Waals surface area contributed by atoms with Gasteiger partial charge in [-0.3, -0.25) is 4.79 Å². The number of β-lactam (4-membered cyclic amide) rings is 1. The van der Waals surface area contributed by atoms with Gasteiger partial charge in [-0.05, 0) is 72.4 Å². The Balaban J connectivity index is 1.90. The van der Waals surface area contributed by atoms with Gasteiger partial charge in [0, 0.05) is 0 Å². The molecule has 0 spiro atoms. The van der Waals surface area contributed by atoms with Gasteiger partial charge < -0.3 is 18.5 Å². The second kappa shape index (κ2) is 13.6. The fourth-order valence-electron chi connectivity index (χ4n) is 6.31. The van der Waals surface area contributed by atoms with Gasteiger partial charge in [0.25, 0.3) is 0 Å². The zero-order chi connectivity index (χ0) is 28.8. The van der Waals surface area contributed by atoms with E-state index in [1.165, 1.54) is 0 Å². The lowest BCUT2D eigenvalue weighted by Gasteiger charge is -2.48. The Hall–Kier alpha value is -2.01. The number of rotatable bonds is 16. The molecule has 1 amide bonds. The Morgan fingerprint density at radius 3 is 2.23 bits per heavy atom. The standard InChI is InChI=1S/C31H49NO5Si2/c1-9-19-35-31(34)29-26(25-18-16-17-24(20-25)22-36-38(10-2,11-3)12-4)21-27-28(30(33)32(27)29)23(8)37-39(13-5,14-6)15-7/h9,16-18,20,23,27-28H,1,10-15,19,21-22H2,2-8H3/t23-,27-,28-/m1/s1. The first-order chi connectivity index (χ1) is 18.7. The Bertz CT molecular complexity index is 1050. The molecular weight excluding hydrogens is 523 g/mol. The molecule has 2 aliphatic rings. The molecule has 0 N–H and O–H groups in total. The fourth-order valence-corrected chi connectivity index (χ4v) is 11.8. The summed E-state index contributed by atoms with van der Waals surface area (Å²) in [7, 11) is -3.60. The molecule has 2 aliphatic heterocycles. The summed E-state index contributed by atoms with van der Waals surface area (Å²) in [6.45, 7) is 19.7. The number of fused-ring (bicyclic) bond motifs is 1. The number of carbonyl (C=O) groups is 2. The van der Waals surface area contributed by atoms with Crippen molar-refractivity contribution in [1.29, 1.82) is 0 Å². The molecule has 0 radical (unpaired) electrons. The van der Waals surface area contributed by atoms with Crippen molar-refractivity contribution in [1.82, 2.24) is 4.90 Å². The molecule has 1 fully saturated rings. The second-order valence-corrected chi connectivity index (χ2v) is 20.5. The van der Waals surface area contributed by atoms with E-state index in [1.54, 1.807) is 11.0 Å². The molecule has 0 saturated carbocycles. The van der Waals surface area contributed by atoms with Crippen molar-refractivity contribution < 1.29 is 23.2 Å². The van der Waals surface area contributed by atoms with E-state index < -0.39 is 22.6 Å². The number of hydrogen-bond acceptors (Lipinski definition) is 5. The molecule has 0 unspecified atom stereocenters. The molecule has 39 heavy (non-hydrogen) atoms. The molecule has 216 valence electrons. The average molecular weight is 572 g/mol. The molecule has 0 aromatic heterocycles. The minimum Gasteiger partial charge on any atom is -0.457 e. The van der Waals surface area contributed by atoms with E-state index in [9.17, 15) is 9.59 Å². The molecule has 1 aromatic carbocycles. The lowest BCUT2D eigenvalue weighted by atomic mass is 9.82. The van der Waals surface area contributed by atoms with E-state index >= 15 is 0 Å². The number of carbonyl (C=O) groups excluding carboxylic acids is 2. The van der Waals surface area contributed by atoms with E-state index in [1.807, 2.05) is 19.1 Å². The maximum absolute atomic E-state index is 13.6. The number of amides is 1. The van der Waals surface area contributed by atoms with Crippen molar-refractivity contribution in [3.63, 3.8) is 0 Å². The Kier molecular flexibility index (Phi) is 11.0. The van der Waals surface area contributed by atoms with E-state index in [0.29, 0.717) is 18.7 Å². The summed E-state index contributed by atoms with van der Waals surface area (Å²) in [5.74, 6) is -0.760. The van der Waals surface area contributed by atoms with Crippen LogP contribution in [-0.2, 0) is 29.8 Å². The van der Waals surface area contributed by atoms with E-state index in [0.717, 1.165) is 53.0 Å². The molecular formula is C31H49NO5Si2. The quantitative estimate of drug-likeness (QED) is 0.0902. The van der Waals surface area contributed by atoms with Gasteiger partial charge in [-0.1, -0.05) is 72.4 Å². The Labute approximate surface area is 238 Å². The highest BCUT2D eigenvalue weighted by Crippen LogP contribution is 2.48. The topological polar surface area (TPSA) is 65.1 Å². The van der Waals surface area contributed by atoms with Gasteiger partial charge in [-0.2, -0.15) is 0 Å². The minimum absolute atomic E-state index is 0.0385. The van der Waals surface area contributed by atoms with Gasteiger partial charge in [0.05, 0.1) is 24.7 Å². The van der Waals surface area contributed by atoms with Gasteiger partial charge >= 0.3 is 5.97 Å². The van der Waals surface area contributed by atoms with Crippen LogP contribution in [-0.4, -0.2) is 52.2 Å². The molecule has 1 aromatic rings. The average Bonchev–Trinajstić information content (AvgIpc) is 3.31. The molecule has 8 heteroatoms. The van der Waals surface area contributed by atoms with Crippen molar-refractivity contribution in [2.75, 3.05) is 6.61 Å².